The van der Waals surface area contributed by atoms with Crippen molar-refractivity contribution in [2.45, 2.75) is 45.4 Å². The molecule has 0 heterocycles. The van der Waals surface area contributed by atoms with Crippen molar-refractivity contribution in [2.75, 3.05) is 6.61 Å². The molecule has 0 N–H and O–H groups in total. The molecule has 0 unspecified atom stereocenters. The first kappa shape index (κ1) is 17.3. The number of rotatable bonds is 8. The largest absolute Gasteiger partial charge is 2.00 e. The van der Waals surface area contributed by atoms with Crippen molar-refractivity contribution in [3.63, 3.8) is 0 Å². The molecule has 0 aliphatic heterocycles. The predicted molar refractivity (Wildman–Crippen MR) is 52.0 cm³/mol. The molecular weight excluding hydrogens is 312 g/mol. The maximum atomic E-state index is 9.95. The van der Waals surface area contributed by atoms with Crippen molar-refractivity contribution in [1.29, 1.82) is 0 Å². The van der Waals surface area contributed by atoms with Gasteiger partial charge in [0.25, 0.3) is 0 Å². The molecule has 13 heavy (non-hydrogen) atoms. The van der Waals surface area contributed by atoms with Crippen molar-refractivity contribution < 1.29 is 14.3 Å². The van der Waals surface area contributed by atoms with E-state index in [0.717, 1.165) is 12.8 Å². The van der Waals surface area contributed by atoms with Gasteiger partial charge in [-0.3, -0.25) is 0 Å². The van der Waals surface area contributed by atoms with Crippen molar-refractivity contribution in [2.24, 2.45) is 0 Å². The Hall–Kier alpha value is 1.88. The van der Waals surface area contributed by atoms with Gasteiger partial charge in [0, 0.05) is 6.61 Å². The molecule has 0 fully saturated rings. The zero-order valence-electron chi connectivity index (χ0n) is 8.33. The number of hydrogen-bond acceptors (Lipinski definition) is 3. The summed E-state index contributed by atoms with van der Waals surface area (Å²) in [5, 5.41) is 0. The third-order valence-corrected chi connectivity index (χ3v) is 2.09. The van der Waals surface area contributed by atoms with E-state index in [1.807, 2.05) is 0 Å². The SMILES string of the molecule is CCCCCCCCOP([O-])[O-].[Ba+2]. The molecule has 0 aromatic carbocycles. The Balaban J connectivity index is 0. The second-order valence-electron chi connectivity index (χ2n) is 2.82. The molecule has 0 aliphatic rings. The minimum absolute atomic E-state index is 0. The fraction of sp³-hybridized carbons (Fsp3) is 1.00. The molecule has 0 atom stereocenters. The molecule has 0 spiro atoms. The van der Waals surface area contributed by atoms with Crippen LogP contribution in [0.15, 0.2) is 0 Å². The quantitative estimate of drug-likeness (QED) is 0.378. The zero-order chi connectivity index (χ0) is 9.23. The van der Waals surface area contributed by atoms with Crippen LogP contribution in [0.1, 0.15) is 45.4 Å². The summed E-state index contributed by atoms with van der Waals surface area (Å²) in [6.45, 7) is 2.52. The Kier molecular flexibility index (Phi) is 18.5. The van der Waals surface area contributed by atoms with Gasteiger partial charge in [-0.1, -0.05) is 39.0 Å². The van der Waals surface area contributed by atoms with Gasteiger partial charge in [0.05, 0.1) is 0 Å². The Morgan fingerprint density at radius 2 is 1.54 bits per heavy atom. The van der Waals surface area contributed by atoms with Crippen molar-refractivity contribution in [1.82, 2.24) is 0 Å². The molecule has 0 rings (SSSR count). The Morgan fingerprint density at radius 1 is 1.00 bits per heavy atom. The predicted octanol–water partition coefficient (Wildman–Crippen LogP) is 0.930. The van der Waals surface area contributed by atoms with E-state index >= 15 is 0 Å². The summed E-state index contributed by atoms with van der Waals surface area (Å²) in [6, 6.07) is 0. The first-order valence-corrected chi connectivity index (χ1v) is 5.64. The van der Waals surface area contributed by atoms with E-state index in [0.29, 0.717) is 6.61 Å². The van der Waals surface area contributed by atoms with Crippen LogP contribution >= 0.6 is 8.60 Å². The number of unbranched alkanes of at least 4 members (excludes halogenated alkanes) is 5. The summed E-state index contributed by atoms with van der Waals surface area (Å²) in [4.78, 5) is 19.9. The summed E-state index contributed by atoms with van der Waals surface area (Å²) in [5.41, 5.74) is 0. The fourth-order valence-electron chi connectivity index (χ4n) is 1.02. The average molecular weight is 330 g/mol. The molecule has 0 aliphatic carbocycles. The maximum absolute atomic E-state index is 9.95. The summed E-state index contributed by atoms with van der Waals surface area (Å²) in [5.74, 6) is 0. The van der Waals surface area contributed by atoms with E-state index in [9.17, 15) is 9.79 Å². The Morgan fingerprint density at radius 3 is 2.08 bits per heavy atom. The molecule has 0 amide bonds. The van der Waals surface area contributed by atoms with Gasteiger partial charge >= 0.3 is 48.9 Å². The topological polar surface area (TPSA) is 55.3 Å². The van der Waals surface area contributed by atoms with Crippen LogP contribution < -0.4 is 9.79 Å². The molecule has 0 saturated carbocycles. The van der Waals surface area contributed by atoms with Crippen LogP contribution in [0.4, 0.5) is 0 Å². The van der Waals surface area contributed by atoms with Crippen molar-refractivity contribution in [3.05, 3.63) is 0 Å². The minimum Gasteiger partial charge on any atom is -0.820 e. The van der Waals surface area contributed by atoms with Crippen LogP contribution in [0.3, 0.4) is 0 Å². The summed E-state index contributed by atoms with van der Waals surface area (Å²) < 4.78 is 4.40. The van der Waals surface area contributed by atoms with E-state index in [1.165, 1.54) is 25.7 Å². The van der Waals surface area contributed by atoms with Crippen LogP contribution in [0, 0.1) is 0 Å². The molecule has 74 valence electrons. The summed E-state index contributed by atoms with van der Waals surface area (Å²) >= 11 is 0. The summed E-state index contributed by atoms with van der Waals surface area (Å²) in [7, 11) is -2.63. The third kappa shape index (κ3) is 16.6. The molecule has 3 nitrogen and oxygen atoms in total. The molecule has 0 bridgehead atoms. The molecule has 0 aromatic rings. The standard InChI is InChI=1S/C8H17O3P.Ba/c1-2-3-4-5-6-7-8-11-12(9)10;/h2-8H2,1H3;/q-2;+2. The van der Waals surface area contributed by atoms with Crippen LogP contribution in [0.2, 0.25) is 0 Å². The van der Waals surface area contributed by atoms with Gasteiger partial charge in [-0.25, -0.2) is 0 Å². The maximum Gasteiger partial charge on any atom is 2.00 e. The Labute approximate surface area is 122 Å². The van der Waals surface area contributed by atoms with Gasteiger partial charge in [-0.15, -0.1) is 0 Å². The van der Waals surface area contributed by atoms with Gasteiger partial charge < -0.3 is 14.3 Å². The van der Waals surface area contributed by atoms with Gasteiger partial charge in [0.2, 0.25) is 0 Å². The first-order chi connectivity index (χ1) is 5.77. The van der Waals surface area contributed by atoms with Crippen molar-refractivity contribution in [3.8, 4) is 0 Å². The molecule has 0 saturated heterocycles. The zero-order valence-corrected chi connectivity index (χ0v) is 13.7. The second-order valence-corrected chi connectivity index (χ2v) is 3.53. The molecule has 5 heteroatoms. The van der Waals surface area contributed by atoms with Gasteiger partial charge in [0.15, 0.2) is 0 Å². The van der Waals surface area contributed by atoms with Crippen LogP contribution in [0.25, 0.3) is 0 Å². The van der Waals surface area contributed by atoms with E-state index in [2.05, 4.69) is 11.4 Å². The molecule has 0 aromatic heterocycles. The molecular formula is C8H17BaO3P. The second kappa shape index (κ2) is 13.9. The normalized spacial score (nSPS) is 10.2. The summed E-state index contributed by atoms with van der Waals surface area (Å²) in [6.07, 6.45) is 6.88. The van der Waals surface area contributed by atoms with E-state index in [-0.39, 0.29) is 48.9 Å². The fourth-order valence-corrected chi connectivity index (χ4v) is 1.30. The van der Waals surface area contributed by atoms with Gasteiger partial charge in [-0.2, -0.15) is 8.60 Å². The van der Waals surface area contributed by atoms with E-state index in [4.69, 9.17) is 0 Å². The monoisotopic (exact) mass is 330 g/mol. The minimum atomic E-state index is -2.63. The van der Waals surface area contributed by atoms with E-state index < -0.39 is 8.60 Å². The average Bonchev–Trinajstić information content (AvgIpc) is 2.02. The van der Waals surface area contributed by atoms with Gasteiger partial charge in [0.1, 0.15) is 0 Å². The van der Waals surface area contributed by atoms with Crippen molar-refractivity contribution >= 4 is 57.5 Å². The van der Waals surface area contributed by atoms with Crippen LogP contribution in [-0.2, 0) is 4.52 Å². The van der Waals surface area contributed by atoms with Gasteiger partial charge in [-0.05, 0) is 6.42 Å². The Bertz CT molecular complexity index is 93.5. The first-order valence-electron chi connectivity index (χ1n) is 4.54. The molecule has 0 radical (unpaired) electrons. The smallest absolute Gasteiger partial charge is 0.820 e. The van der Waals surface area contributed by atoms with Crippen LogP contribution in [-0.4, -0.2) is 55.5 Å². The third-order valence-electron chi connectivity index (χ3n) is 1.69. The van der Waals surface area contributed by atoms with Crippen LogP contribution in [0.5, 0.6) is 0 Å². The van der Waals surface area contributed by atoms with E-state index in [1.54, 1.807) is 0 Å². The number of hydrogen-bond donors (Lipinski definition) is 0.